The third-order valence-corrected chi connectivity index (χ3v) is 1.47. The predicted molar refractivity (Wildman–Crippen MR) is 44.9 cm³/mol. The topological polar surface area (TPSA) is 20.2 Å². The van der Waals surface area contributed by atoms with Gasteiger partial charge in [0, 0.05) is 0 Å². The first-order valence-corrected chi connectivity index (χ1v) is 3.69. The lowest BCUT2D eigenvalue weighted by Crippen LogP contribution is -2.06. The number of rotatable bonds is 4. The van der Waals surface area contributed by atoms with Crippen LogP contribution >= 0.6 is 0 Å². The van der Waals surface area contributed by atoms with Gasteiger partial charge in [-0.15, -0.1) is 0 Å². The molecule has 0 aliphatic carbocycles. The number of aliphatic hydroxyl groups excluding tert-OH is 1. The van der Waals surface area contributed by atoms with Crippen LogP contribution in [0.4, 0.5) is 0 Å². The molecule has 0 saturated carbocycles. The molecule has 0 aromatic carbocycles. The minimum absolute atomic E-state index is 0.275. The summed E-state index contributed by atoms with van der Waals surface area (Å²) in [6.07, 6.45) is 5.14. The van der Waals surface area contributed by atoms with E-state index in [1.165, 1.54) is 0 Å². The number of aliphatic hydroxyl groups is 1. The van der Waals surface area contributed by atoms with E-state index in [4.69, 9.17) is 0 Å². The van der Waals surface area contributed by atoms with E-state index in [1.54, 1.807) is 6.08 Å². The van der Waals surface area contributed by atoms with Gasteiger partial charge in [0.25, 0.3) is 0 Å². The van der Waals surface area contributed by atoms with Gasteiger partial charge in [-0.2, -0.15) is 0 Å². The highest BCUT2D eigenvalue weighted by Crippen LogP contribution is 2.06. The molecule has 0 aromatic rings. The summed E-state index contributed by atoms with van der Waals surface area (Å²) in [7, 11) is 0. The largest absolute Gasteiger partial charge is 0.389 e. The smallest absolute Gasteiger partial charge is 0.0750 e. The van der Waals surface area contributed by atoms with Crippen LogP contribution in [0.5, 0.6) is 0 Å². The van der Waals surface area contributed by atoms with Crippen LogP contribution in [0.3, 0.4) is 0 Å². The van der Waals surface area contributed by atoms with E-state index in [1.807, 2.05) is 13.0 Å². The molecule has 0 bridgehead atoms. The average Bonchev–Trinajstić information content (AvgIpc) is 1.89. The highest BCUT2D eigenvalue weighted by Gasteiger charge is 2.01. The van der Waals surface area contributed by atoms with Crippen molar-refractivity contribution in [3.63, 3.8) is 0 Å². The normalized spacial score (nSPS) is 14.9. The van der Waals surface area contributed by atoms with Gasteiger partial charge in [-0.05, 0) is 18.9 Å². The Labute approximate surface area is 63.1 Å². The second-order valence-electron chi connectivity index (χ2n) is 2.45. The van der Waals surface area contributed by atoms with E-state index < -0.39 is 0 Å². The van der Waals surface area contributed by atoms with Gasteiger partial charge >= 0.3 is 0 Å². The third-order valence-electron chi connectivity index (χ3n) is 1.47. The molecule has 0 radical (unpaired) electrons. The Morgan fingerprint density at radius 3 is 2.70 bits per heavy atom. The van der Waals surface area contributed by atoms with Crippen LogP contribution in [0.1, 0.15) is 26.7 Å². The maximum Gasteiger partial charge on any atom is 0.0750 e. The molecule has 0 amide bonds. The highest BCUT2D eigenvalue weighted by molar-refractivity contribution is 5.11. The summed E-state index contributed by atoms with van der Waals surface area (Å²) in [4.78, 5) is 0. The Hall–Kier alpha value is -0.560. The van der Waals surface area contributed by atoms with Crippen molar-refractivity contribution in [2.75, 3.05) is 0 Å². The molecular weight excluding hydrogens is 124 g/mol. The lowest BCUT2D eigenvalue weighted by atomic mass is 10.1. The van der Waals surface area contributed by atoms with Gasteiger partial charge in [0.1, 0.15) is 0 Å². The Bertz CT molecular complexity index is 125. The Balaban J connectivity index is 3.80. The van der Waals surface area contributed by atoms with Crippen molar-refractivity contribution in [3.05, 3.63) is 24.3 Å². The molecule has 1 heteroatoms. The van der Waals surface area contributed by atoms with Crippen LogP contribution in [0.15, 0.2) is 24.3 Å². The standard InChI is InChI=1S/C9H16O/c1-4-6-8(3)9(10)7-5-2/h4,6,9-10H,1,5,7H2,2-3H3. The van der Waals surface area contributed by atoms with Crippen LogP contribution in [0.2, 0.25) is 0 Å². The summed E-state index contributed by atoms with van der Waals surface area (Å²) in [5.74, 6) is 0. The molecule has 1 N–H and O–H groups in total. The minimum atomic E-state index is -0.275. The van der Waals surface area contributed by atoms with Gasteiger partial charge in [0.2, 0.25) is 0 Å². The number of hydrogen-bond donors (Lipinski definition) is 1. The summed E-state index contributed by atoms with van der Waals surface area (Å²) in [6, 6.07) is 0. The lowest BCUT2D eigenvalue weighted by Gasteiger charge is -2.07. The molecule has 1 atom stereocenters. The summed E-state index contributed by atoms with van der Waals surface area (Å²) in [5, 5.41) is 9.33. The molecule has 0 aliphatic rings. The molecule has 1 nitrogen and oxygen atoms in total. The summed E-state index contributed by atoms with van der Waals surface area (Å²) >= 11 is 0. The second kappa shape index (κ2) is 5.24. The zero-order valence-corrected chi connectivity index (χ0v) is 6.80. The Kier molecular flexibility index (Phi) is 4.95. The zero-order chi connectivity index (χ0) is 7.98. The van der Waals surface area contributed by atoms with E-state index >= 15 is 0 Å². The Morgan fingerprint density at radius 2 is 2.30 bits per heavy atom. The van der Waals surface area contributed by atoms with Gasteiger partial charge in [-0.1, -0.05) is 32.1 Å². The van der Waals surface area contributed by atoms with Crippen molar-refractivity contribution in [2.24, 2.45) is 0 Å². The molecule has 0 aromatic heterocycles. The minimum Gasteiger partial charge on any atom is -0.389 e. The fraction of sp³-hybridized carbons (Fsp3) is 0.556. The first-order valence-electron chi connectivity index (χ1n) is 3.69. The van der Waals surface area contributed by atoms with Crippen molar-refractivity contribution >= 4 is 0 Å². The SMILES string of the molecule is C=CC=C(C)C(O)CCC. The van der Waals surface area contributed by atoms with Crippen LogP contribution < -0.4 is 0 Å². The first kappa shape index (κ1) is 9.44. The monoisotopic (exact) mass is 140 g/mol. The summed E-state index contributed by atoms with van der Waals surface area (Å²) in [5.41, 5.74) is 0.997. The summed E-state index contributed by atoms with van der Waals surface area (Å²) < 4.78 is 0. The first-order chi connectivity index (χ1) is 4.72. The summed E-state index contributed by atoms with van der Waals surface area (Å²) in [6.45, 7) is 7.53. The average molecular weight is 140 g/mol. The van der Waals surface area contributed by atoms with Crippen LogP contribution in [-0.2, 0) is 0 Å². The fourth-order valence-corrected chi connectivity index (χ4v) is 0.798. The van der Waals surface area contributed by atoms with Crippen molar-refractivity contribution in [3.8, 4) is 0 Å². The van der Waals surface area contributed by atoms with Gasteiger partial charge in [-0.25, -0.2) is 0 Å². The maximum absolute atomic E-state index is 9.33. The Morgan fingerprint density at radius 1 is 1.70 bits per heavy atom. The van der Waals surface area contributed by atoms with Gasteiger partial charge < -0.3 is 5.11 Å². The van der Waals surface area contributed by atoms with E-state index in [-0.39, 0.29) is 6.10 Å². The van der Waals surface area contributed by atoms with Crippen LogP contribution in [-0.4, -0.2) is 11.2 Å². The zero-order valence-electron chi connectivity index (χ0n) is 6.80. The molecule has 1 unspecified atom stereocenters. The van der Waals surface area contributed by atoms with Crippen LogP contribution in [0.25, 0.3) is 0 Å². The van der Waals surface area contributed by atoms with Gasteiger partial charge in [0.15, 0.2) is 0 Å². The highest BCUT2D eigenvalue weighted by atomic mass is 16.3. The molecule has 0 fully saturated rings. The quantitative estimate of drug-likeness (QED) is 0.594. The molecule has 58 valence electrons. The molecule has 0 heterocycles. The van der Waals surface area contributed by atoms with Gasteiger partial charge in [-0.3, -0.25) is 0 Å². The molecule has 10 heavy (non-hydrogen) atoms. The molecule has 0 saturated heterocycles. The van der Waals surface area contributed by atoms with Crippen LogP contribution in [0, 0.1) is 0 Å². The third kappa shape index (κ3) is 3.46. The fourth-order valence-electron chi connectivity index (χ4n) is 0.798. The van der Waals surface area contributed by atoms with E-state index in [2.05, 4.69) is 13.5 Å². The van der Waals surface area contributed by atoms with Gasteiger partial charge in [0.05, 0.1) is 6.10 Å². The van der Waals surface area contributed by atoms with E-state index in [9.17, 15) is 5.11 Å². The molecule has 0 aliphatic heterocycles. The van der Waals surface area contributed by atoms with Crippen molar-refractivity contribution in [1.29, 1.82) is 0 Å². The molecule has 0 rings (SSSR count). The lowest BCUT2D eigenvalue weighted by molar-refractivity contribution is 0.199. The predicted octanol–water partition coefficient (Wildman–Crippen LogP) is 2.28. The number of allylic oxidation sites excluding steroid dienone is 2. The maximum atomic E-state index is 9.33. The van der Waals surface area contributed by atoms with E-state index in [0.29, 0.717) is 0 Å². The second-order valence-corrected chi connectivity index (χ2v) is 2.45. The van der Waals surface area contributed by atoms with Crippen molar-refractivity contribution in [1.82, 2.24) is 0 Å². The molecular formula is C9H16O. The number of hydrogen-bond acceptors (Lipinski definition) is 1. The molecule has 0 spiro atoms. The van der Waals surface area contributed by atoms with Crippen molar-refractivity contribution < 1.29 is 5.11 Å². The van der Waals surface area contributed by atoms with Crippen molar-refractivity contribution in [2.45, 2.75) is 32.8 Å². The van der Waals surface area contributed by atoms with E-state index in [0.717, 1.165) is 18.4 Å².